The Morgan fingerprint density at radius 1 is 0.353 bits per heavy atom. The minimum Gasteiger partial charge on any atom is -0.493 e. The minimum absolute atomic E-state index is 0.0784. The Morgan fingerprint density at radius 2 is 0.639 bits per heavy atom. The second kappa shape index (κ2) is 46.7. The Morgan fingerprint density at radius 3 is 0.947 bits per heavy atom. The number of carbonyl (C=O) groups excluding carboxylic acids is 3. The van der Waals surface area contributed by atoms with Gasteiger partial charge >= 0.3 is 17.9 Å². The molecule has 0 unspecified atom stereocenters. The minimum atomic E-state index is -0.863. The smallest absolute Gasteiger partial charge is 0.309 e. The van der Waals surface area contributed by atoms with Gasteiger partial charge in [-0.2, -0.15) is 0 Å². The lowest BCUT2D eigenvalue weighted by molar-refractivity contribution is -0.144. The summed E-state index contributed by atoms with van der Waals surface area (Å²) in [6.45, 7) is 35.7. The molecule has 9 aromatic rings. The Labute approximate surface area is 786 Å². The summed E-state index contributed by atoms with van der Waals surface area (Å²) in [5.41, 5.74) is 19.1. The van der Waals surface area contributed by atoms with Crippen LogP contribution in [0.25, 0.3) is 0 Å². The molecule has 0 spiro atoms. The van der Waals surface area contributed by atoms with Crippen LogP contribution >= 0.6 is 0 Å². The van der Waals surface area contributed by atoms with E-state index in [0.717, 1.165) is 139 Å². The van der Waals surface area contributed by atoms with Gasteiger partial charge in [0.1, 0.15) is 54.3 Å². The van der Waals surface area contributed by atoms with Gasteiger partial charge in [0.05, 0.1) is 95.3 Å². The summed E-state index contributed by atoms with van der Waals surface area (Å²) in [7, 11) is 0. The van der Waals surface area contributed by atoms with E-state index in [-0.39, 0.29) is 73.0 Å². The molecule has 6 aliphatic heterocycles. The van der Waals surface area contributed by atoms with E-state index in [9.17, 15) is 44.1 Å². The molecule has 0 amide bonds. The van der Waals surface area contributed by atoms with Crippen molar-refractivity contribution in [3.05, 3.63) is 282 Å². The van der Waals surface area contributed by atoms with Crippen molar-refractivity contribution in [2.75, 3.05) is 98.7 Å². The number of benzene rings is 9. The summed E-state index contributed by atoms with van der Waals surface area (Å²) < 4.78 is 51.5. The molecule has 3 N–H and O–H groups in total. The van der Waals surface area contributed by atoms with E-state index in [0.29, 0.717) is 127 Å². The van der Waals surface area contributed by atoms with Crippen LogP contribution in [0, 0.1) is 50.4 Å². The number of carboxylic acid groups (broad SMARTS) is 3. The third kappa shape index (κ3) is 25.9. The first-order valence-electron chi connectivity index (χ1n) is 47.9. The van der Waals surface area contributed by atoms with Gasteiger partial charge in [0.15, 0.2) is 17.3 Å². The van der Waals surface area contributed by atoms with E-state index >= 15 is 0 Å². The molecular weight excluding hydrogens is 1680 g/mol. The molecular formula is C112H137N3O18. The zero-order valence-corrected chi connectivity index (χ0v) is 80.2. The molecule has 21 heteroatoms. The molecule has 21 nitrogen and oxygen atoms in total. The quantitative estimate of drug-likeness (QED) is 0.0301. The zero-order valence-electron chi connectivity index (χ0n) is 80.2. The predicted octanol–water partition coefficient (Wildman–Crippen LogP) is 19.1. The van der Waals surface area contributed by atoms with Crippen LogP contribution in [0.4, 0.5) is 0 Å². The first kappa shape index (κ1) is 99.4. The third-order valence-electron chi connectivity index (χ3n) is 26.6. The fourth-order valence-electron chi connectivity index (χ4n) is 20.4. The number of ketones is 3. The van der Waals surface area contributed by atoms with Gasteiger partial charge in [-0.1, -0.05) is 162 Å². The summed E-state index contributed by atoms with van der Waals surface area (Å²) in [6, 6.07) is 58.4. The highest BCUT2D eigenvalue weighted by Crippen LogP contribution is 2.51. The van der Waals surface area contributed by atoms with Gasteiger partial charge in [0.25, 0.3) is 0 Å². The Bertz CT molecular complexity index is 5400. The first-order chi connectivity index (χ1) is 63.9. The monoisotopic (exact) mass is 1810 g/mol. The molecule has 0 aromatic heterocycles. The van der Waals surface area contributed by atoms with Gasteiger partial charge in [-0.3, -0.25) is 43.5 Å². The number of hydrogen-bond donors (Lipinski definition) is 3. The molecule has 6 aliphatic rings. The van der Waals surface area contributed by atoms with E-state index in [2.05, 4.69) is 91.8 Å². The number of carbonyl (C=O) groups is 6. The molecule has 0 radical (unpaired) electrons. The lowest BCUT2D eigenvalue weighted by Crippen LogP contribution is -2.33. The van der Waals surface area contributed by atoms with Gasteiger partial charge in [0.2, 0.25) is 0 Å². The summed E-state index contributed by atoms with van der Waals surface area (Å²) in [5.74, 6) is 0.379. The zero-order chi connectivity index (χ0) is 94.7. The van der Waals surface area contributed by atoms with E-state index in [1.165, 1.54) is 16.7 Å². The van der Waals surface area contributed by atoms with E-state index in [1.807, 2.05) is 202 Å². The number of aryl methyl sites for hydroxylation is 4. The van der Waals surface area contributed by atoms with Crippen molar-refractivity contribution in [1.29, 1.82) is 0 Å². The fourth-order valence-corrected chi connectivity index (χ4v) is 20.4. The third-order valence-corrected chi connectivity index (χ3v) is 26.6. The van der Waals surface area contributed by atoms with Crippen LogP contribution in [0.3, 0.4) is 0 Å². The average molecular weight is 1810 g/mol. The normalized spacial score (nSPS) is 19.6. The van der Waals surface area contributed by atoms with Crippen LogP contribution in [0.1, 0.15) is 212 Å². The predicted molar refractivity (Wildman–Crippen MR) is 517 cm³/mol. The number of likely N-dealkylation sites (tertiary alicyclic amines) is 3. The molecule has 0 aliphatic carbocycles. The number of carboxylic acids is 3. The molecule has 0 saturated carbocycles. The van der Waals surface area contributed by atoms with Crippen molar-refractivity contribution in [2.45, 2.75) is 209 Å². The van der Waals surface area contributed by atoms with E-state index < -0.39 is 53.8 Å². The summed E-state index contributed by atoms with van der Waals surface area (Å²) >= 11 is 0. The van der Waals surface area contributed by atoms with Crippen molar-refractivity contribution >= 4 is 35.3 Å². The Hall–Kier alpha value is -11.0. The van der Waals surface area contributed by atoms with E-state index in [4.69, 9.17) is 42.6 Å². The van der Waals surface area contributed by atoms with Crippen molar-refractivity contribution in [2.24, 2.45) is 29.6 Å². The van der Waals surface area contributed by atoms with Gasteiger partial charge in [-0.05, 0) is 248 Å². The average Bonchev–Trinajstić information content (AvgIpc) is 1.62. The summed E-state index contributed by atoms with van der Waals surface area (Å²) in [5, 5.41) is 32.0. The van der Waals surface area contributed by atoms with Crippen LogP contribution in [-0.2, 0) is 101 Å². The molecule has 3 saturated heterocycles. The highest BCUT2D eigenvalue weighted by molar-refractivity contribution is 5.86. The van der Waals surface area contributed by atoms with Crippen molar-refractivity contribution in [3.63, 3.8) is 0 Å². The molecule has 708 valence electrons. The van der Waals surface area contributed by atoms with Crippen molar-refractivity contribution in [3.8, 4) is 34.5 Å². The van der Waals surface area contributed by atoms with Gasteiger partial charge < -0.3 is 58.0 Å². The summed E-state index contributed by atoms with van der Waals surface area (Å²) in [6.07, 6.45) is 6.58. The number of nitrogens with zero attached hydrogens (tertiary/aromatic N) is 3. The van der Waals surface area contributed by atoms with E-state index in [1.54, 1.807) is 0 Å². The Kier molecular flexibility index (Phi) is 35.0. The highest BCUT2D eigenvalue weighted by Gasteiger charge is 2.51. The summed E-state index contributed by atoms with van der Waals surface area (Å²) in [4.78, 5) is 86.6. The molecule has 9 aromatic carbocycles. The number of rotatable bonds is 41. The second-order valence-electron chi connectivity index (χ2n) is 38.3. The maximum absolute atomic E-state index is 14.1. The molecule has 15 rings (SSSR count). The maximum atomic E-state index is 14.1. The van der Waals surface area contributed by atoms with Crippen LogP contribution in [0.2, 0.25) is 0 Å². The highest BCUT2D eigenvalue weighted by atomic mass is 16.5. The van der Waals surface area contributed by atoms with Crippen LogP contribution in [0.5, 0.6) is 34.5 Å². The van der Waals surface area contributed by atoms with Crippen LogP contribution in [0.15, 0.2) is 182 Å². The van der Waals surface area contributed by atoms with Crippen molar-refractivity contribution in [1.82, 2.24) is 14.7 Å². The molecule has 0 bridgehead atoms. The van der Waals surface area contributed by atoms with Gasteiger partial charge in [-0.25, -0.2) is 0 Å². The lowest BCUT2D eigenvalue weighted by atomic mass is 9.82. The molecule has 9 atom stereocenters. The first-order valence-corrected chi connectivity index (χ1v) is 47.9. The standard InChI is InChI=1S/C41H53NO6.C36H43NO6.C35H41NO6/c1-26(2)20-30-8-7-9-31(21-27(3)4)36(30)23-34(43)24-42-25-37(32-12-15-38-33(22-32)16-17-48-38)39(41(44)45)40(42)29-10-13-35(14-11-29)47-19-18-46-28(5)6;1-5-25-8-6-7-24(4)31(25)20-29(38)21-37-22-32(27-11-14-33-28(19-27)15-16-43-33)34(36(39)40)35(37)26-9-12-30(13-10-26)42-18-17-41-23(2)3;1-22(2)40-16-17-41-29-11-8-25(9-12-29)34-33(35(38)39)31(26-10-13-32-27(18-26)14-15-42-32)21-36(34)20-28(37)19-30-23(3)6-5-7-24(30)4/h7-15,22,26-28,37,39-40H,16-21,23-25H2,1-6H3,(H,44,45);6-14,19,23,32,34-35H,5,15-18,20-22H2,1-4H3,(H,39,40);5-13,18,22,31,33-34H,14-17,19-21H2,1-4H3,(H,38,39)/t37-,39-,40+;32-,34-,35+;31-,33-,34+/m111/s1. The van der Waals surface area contributed by atoms with Crippen molar-refractivity contribution < 1.29 is 86.7 Å². The van der Waals surface area contributed by atoms with Crippen LogP contribution < -0.4 is 28.4 Å². The van der Waals surface area contributed by atoms with Gasteiger partial charge in [0, 0.05) is 94.0 Å². The number of ether oxygens (including phenoxy) is 9. The fraction of sp³-hybridized carbons (Fsp3) is 0.464. The SMILES string of the molecule is CC(C)Cc1cccc(CC(C)C)c1CC(=O)CN1C[C@H](c2ccc3c(c2)CCO3)[C@@H](C(=O)O)[C@@H]1c1ccc(OCCOC(C)C)cc1.CCc1cccc(C)c1CC(=O)CN1C[C@H](c2ccc3c(c2)CCO3)[C@@H](C(=O)O)[C@@H]1c1ccc(OCCOC(C)C)cc1.Cc1cccc(C)c1CC(=O)CN1C[C@H](c2ccc3c(c2)CCO3)[C@@H](C(=O)O)[C@@H]1c1ccc(OCCOC(C)C)cc1. The molecule has 3 fully saturated rings. The topological polar surface area (TPSA) is 256 Å². The van der Waals surface area contributed by atoms with Gasteiger partial charge in [-0.15, -0.1) is 0 Å². The largest absolute Gasteiger partial charge is 0.493 e. The lowest BCUT2D eigenvalue weighted by Gasteiger charge is -2.27. The van der Waals surface area contributed by atoms with Crippen LogP contribution in [-0.4, -0.2) is 182 Å². The number of fused-ring (bicyclic) bond motifs is 3. The number of hydrogen-bond acceptors (Lipinski definition) is 18. The number of Topliss-reactive ketones (excluding diaryl/α,β-unsaturated/α-hetero) is 3. The molecule has 133 heavy (non-hydrogen) atoms. The Balaban J connectivity index is 0.000000170. The second-order valence-corrected chi connectivity index (χ2v) is 38.3. The molecule has 6 heterocycles. The number of aliphatic carboxylic acids is 3. The maximum Gasteiger partial charge on any atom is 0.309 e.